The van der Waals surface area contributed by atoms with Crippen LogP contribution in [0.1, 0.15) is 5.56 Å². The monoisotopic (exact) mass is 275 g/mol. The summed E-state index contributed by atoms with van der Waals surface area (Å²) in [5.41, 5.74) is 0.610. The van der Waals surface area contributed by atoms with Gasteiger partial charge in [-0.15, -0.1) is 0 Å². The zero-order valence-corrected chi connectivity index (χ0v) is 10.0. The zero-order chi connectivity index (χ0) is 14.2. The number of hydrogen-bond donors (Lipinski definition) is 1. The summed E-state index contributed by atoms with van der Waals surface area (Å²) in [6, 6.07) is 3.09. The number of carboxylic acid groups (broad SMARTS) is 1. The van der Waals surface area contributed by atoms with Gasteiger partial charge < -0.3 is 9.84 Å². The molecule has 1 saturated heterocycles. The Morgan fingerprint density at radius 1 is 1.37 bits per heavy atom. The number of nitrogens with zero attached hydrogens (tertiary/aromatic N) is 1. The largest absolute Gasteiger partial charge is 0.497 e. The van der Waals surface area contributed by atoms with E-state index >= 15 is 0 Å². The molecule has 1 N–H and O–H groups in total. The van der Waals surface area contributed by atoms with Crippen LogP contribution in [0.15, 0.2) is 24.3 Å². The second-order valence-corrected chi connectivity index (χ2v) is 4.29. The van der Waals surface area contributed by atoms with Gasteiger partial charge in [-0.2, -0.15) is 13.2 Å². The molecule has 0 aliphatic carbocycles. The zero-order valence-electron chi connectivity index (χ0n) is 10.0. The molecule has 0 amide bonds. The Hall–Kier alpha value is -1.76. The van der Waals surface area contributed by atoms with Gasteiger partial charge in [0, 0.05) is 6.54 Å². The Morgan fingerprint density at radius 3 is 2.32 bits per heavy atom. The van der Waals surface area contributed by atoms with Crippen LogP contribution in [0, 0.1) is 0 Å². The van der Waals surface area contributed by atoms with Gasteiger partial charge >= 0.3 is 12.1 Å². The van der Waals surface area contributed by atoms with Gasteiger partial charge in [0.05, 0.1) is 7.11 Å². The number of aliphatic carboxylic acids is 1. The van der Waals surface area contributed by atoms with Crippen LogP contribution >= 0.6 is 0 Å². The van der Waals surface area contributed by atoms with Crippen molar-refractivity contribution >= 4 is 5.97 Å². The SMILES string of the molecule is COc1ccc(CN2[C@H](C(=O)O)[C@@H]2C(F)(F)F)cc1. The second kappa shape index (κ2) is 4.73. The molecule has 3 atom stereocenters. The molecular weight excluding hydrogens is 263 g/mol. The summed E-state index contributed by atoms with van der Waals surface area (Å²) < 4.78 is 42.7. The molecule has 1 aromatic carbocycles. The number of halogens is 3. The van der Waals surface area contributed by atoms with Gasteiger partial charge in [0.15, 0.2) is 0 Å². The second-order valence-electron chi connectivity index (χ2n) is 4.29. The van der Waals surface area contributed by atoms with Crippen molar-refractivity contribution < 1.29 is 27.8 Å². The van der Waals surface area contributed by atoms with Crippen molar-refractivity contribution in [2.45, 2.75) is 24.8 Å². The molecule has 0 saturated carbocycles. The van der Waals surface area contributed by atoms with E-state index in [1.165, 1.54) is 7.11 Å². The number of benzene rings is 1. The van der Waals surface area contributed by atoms with Crippen molar-refractivity contribution in [1.29, 1.82) is 0 Å². The van der Waals surface area contributed by atoms with E-state index in [9.17, 15) is 18.0 Å². The highest BCUT2D eigenvalue weighted by Gasteiger charge is 2.66. The Balaban J connectivity index is 2.08. The summed E-state index contributed by atoms with van der Waals surface area (Å²) in [4.78, 5) is 11.7. The molecule has 1 fully saturated rings. The van der Waals surface area contributed by atoms with E-state index in [1.807, 2.05) is 0 Å². The first-order valence-electron chi connectivity index (χ1n) is 5.53. The Morgan fingerprint density at radius 2 is 1.95 bits per heavy atom. The summed E-state index contributed by atoms with van der Waals surface area (Å²) >= 11 is 0. The van der Waals surface area contributed by atoms with Crippen LogP contribution in [-0.2, 0) is 11.3 Å². The molecule has 0 aromatic heterocycles. The van der Waals surface area contributed by atoms with Crippen molar-refractivity contribution in [3.63, 3.8) is 0 Å². The lowest BCUT2D eigenvalue weighted by molar-refractivity contribution is -0.145. The fraction of sp³-hybridized carbons (Fsp3) is 0.417. The average Bonchev–Trinajstić information content (AvgIpc) is 3.04. The average molecular weight is 275 g/mol. The fourth-order valence-corrected chi connectivity index (χ4v) is 2.06. The van der Waals surface area contributed by atoms with Crippen molar-refractivity contribution in [2.24, 2.45) is 0 Å². The molecule has 104 valence electrons. The fourth-order valence-electron chi connectivity index (χ4n) is 2.06. The normalized spacial score (nSPS) is 26.0. The number of hydrogen-bond acceptors (Lipinski definition) is 3. The van der Waals surface area contributed by atoms with Crippen LogP contribution < -0.4 is 4.74 Å². The van der Waals surface area contributed by atoms with Crippen LogP contribution in [0.5, 0.6) is 5.75 Å². The predicted octanol–water partition coefficient (Wildman–Crippen LogP) is 1.89. The van der Waals surface area contributed by atoms with Crippen LogP contribution in [0.25, 0.3) is 0 Å². The minimum atomic E-state index is -4.52. The quantitative estimate of drug-likeness (QED) is 0.853. The highest BCUT2D eigenvalue weighted by atomic mass is 19.4. The molecule has 0 bridgehead atoms. The molecule has 1 aliphatic rings. The van der Waals surface area contributed by atoms with E-state index in [2.05, 4.69) is 0 Å². The molecule has 2 rings (SSSR count). The van der Waals surface area contributed by atoms with Crippen LogP contribution in [0.4, 0.5) is 13.2 Å². The van der Waals surface area contributed by atoms with E-state index in [1.54, 1.807) is 24.3 Å². The Labute approximate surface area is 107 Å². The first kappa shape index (κ1) is 13.7. The number of carboxylic acids is 1. The molecule has 1 aliphatic heterocycles. The molecule has 0 radical (unpaired) electrons. The maximum Gasteiger partial charge on any atom is 0.406 e. The van der Waals surface area contributed by atoms with Crippen LogP contribution in [0.3, 0.4) is 0 Å². The number of methoxy groups -OCH3 is 1. The first-order valence-corrected chi connectivity index (χ1v) is 5.53. The van der Waals surface area contributed by atoms with Crippen molar-refractivity contribution in [3.8, 4) is 5.75 Å². The lowest BCUT2D eigenvalue weighted by Crippen LogP contribution is -2.23. The third kappa shape index (κ3) is 2.81. The van der Waals surface area contributed by atoms with Crippen molar-refractivity contribution in [2.75, 3.05) is 7.11 Å². The summed E-state index contributed by atoms with van der Waals surface area (Å²) in [6.45, 7) is -0.0505. The Bertz CT molecular complexity index is 472. The molecule has 19 heavy (non-hydrogen) atoms. The molecule has 0 spiro atoms. The minimum Gasteiger partial charge on any atom is -0.497 e. The van der Waals surface area contributed by atoms with E-state index in [0.717, 1.165) is 4.90 Å². The van der Waals surface area contributed by atoms with E-state index in [4.69, 9.17) is 9.84 Å². The number of carbonyl (C=O) groups is 1. The lowest BCUT2D eigenvalue weighted by atomic mass is 10.2. The minimum absolute atomic E-state index is 0.0505. The number of alkyl halides is 3. The smallest absolute Gasteiger partial charge is 0.406 e. The van der Waals surface area contributed by atoms with Crippen molar-refractivity contribution in [1.82, 2.24) is 4.90 Å². The third-order valence-corrected chi connectivity index (χ3v) is 3.04. The van der Waals surface area contributed by atoms with Gasteiger partial charge in [0.2, 0.25) is 0 Å². The Kier molecular flexibility index (Phi) is 3.40. The van der Waals surface area contributed by atoms with Gasteiger partial charge in [0.25, 0.3) is 0 Å². The highest BCUT2D eigenvalue weighted by Crippen LogP contribution is 2.42. The third-order valence-electron chi connectivity index (χ3n) is 3.04. The summed E-state index contributed by atoms with van der Waals surface area (Å²) in [6.07, 6.45) is -4.52. The summed E-state index contributed by atoms with van der Waals surface area (Å²) in [5, 5.41) is 8.76. The summed E-state index contributed by atoms with van der Waals surface area (Å²) in [5.74, 6) is -0.854. The van der Waals surface area contributed by atoms with Gasteiger partial charge in [-0.1, -0.05) is 12.1 Å². The van der Waals surface area contributed by atoms with Gasteiger partial charge in [-0.3, -0.25) is 9.69 Å². The van der Waals surface area contributed by atoms with E-state index in [-0.39, 0.29) is 6.54 Å². The van der Waals surface area contributed by atoms with Gasteiger partial charge in [-0.05, 0) is 17.7 Å². The van der Waals surface area contributed by atoms with E-state index in [0.29, 0.717) is 11.3 Å². The first-order chi connectivity index (χ1) is 8.84. The van der Waals surface area contributed by atoms with Gasteiger partial charge in [-0.25, -0.2) is 0 Å². The predicted molar refractivity (Wildman–Crippen MR) is 59.8 cm³/mol. The molecule has 4 nitrogen and oxygen atoms in total. The van der Waals surface area contributed by atoms with Gasteiger partial charge in [0.1, 0.15) is 17.8 Å². The highest BCUT2D eigenvalue weighted by molar-refractivity contribution is 5.78. The number of rotatable bonds is 4. The summed E-state index contributed by atoms with van der Waals surface area (Å²) in [7, 11) is 1.49. The number of ether oxygens (including phenoxy) is 1. The molecular formula is C12H12F3NO3. The molecule has 1 unspecified atom stereocenters. The lowest BCUT2D eigenvalue weighted by Gasteiger charge is -2.07. The topological polar surface area (TPSA) is 49.5 Å². The standard InChI is InChI=1S/C12H12F3NO3/c1-19-8-4-2-7(3-5-8)6-16-9(11(17)18)10(16)12(13,14)15/h2-5,9-10H,6H2,1H3,(H,17,18)/t9-,10+,16?/m0/s1. The van der Waals surface area contributed by atoms with Crippen molar-refractivity contribution in [3.05, 3.63) is 29.8 Å². The van der Waals surface area contributed by atoms with E-state index < -0.39 is 24.2 Å². The molecule has 1 aromatic rings. The maximum atomic E-state index is 12.6. The molecule has 1 heterocycles. The molecule has 7 heteroatoms. The van der Waals surface area contributed by atoms with Crippen LogP contribution in [0.2, 0.25) is 0 Å². The van der Waals surface area contributed by atoms with Crippen LogP contribution in [-0.4, -0.2) is 41.3 Å². The maximum absolute atomic E-state index is 12.6.